The number of rotatable bonds is 7. The summed E-state index contributed by atoms with van der Waals surface area (Å²) < 4.78 is 5.83. The highest BCUT2D eigenvalue weighted by Gasteiger charge is 2.13. The molecule has 26 heavy (non-hydrogen) atoms. The van der Waals surface area contributed by atoms with Crippen LogP contribution in [0.5, 0.6) is 5.75 Å². The number of hydrogen-bond donors (Lipinski definition) is 2. The van der Waals surface area contributed by atoms with Crippen molar-refractivity contribution in [2.45, 2.75) is 46.1 Å². The average Bonchev–Trinajstić information content (AvgIpc) is 2.64. The average molecular weight is 352 g/mol. The van der Waals surface area contributed by atoms with Crippen LogP contribution in [0.25, 0.3) is 0 Å². The maximum Gasteiger partial charge on any atom is 0.269 e. The van der Waals surface area contributed by atoms with Crippen molar-refractivity contribution < 1.29 is 9.53 Å². The monoisotopic (exact) mass is 352 g/mol. The van der Waals surface area contributed by atoms with E-state index in [2.05, 4.69) is 50.3 Å². The van der Waals surface area contributed by atoms with Gasteiger partial charge >= 0.3 is 0 Å². The number of amides is 1. The second kappa shape index (κ2) is 8.56. The number of hydrazine groups is 1. The molecule has 2 N–H and O–H groups in total. The van der Waals surface area contributed by atoms with Crippen LogP contribution in [-0.2, 0) is 12.0 Å². The van der Waals surface area contributed by atoms with Gasteiger partial charge in [-0.1, -0.05) is 58.5 Å². The molecule has 138 valence electrons. The van der Waals surface area contributed by atoms with E-state index in [9.17, 15) is 4.79 Å². The Hall–Kier alpha value is -2.75. The van der Waals surface area contributed by atoms with Crippen molar-refractivity contribution in [1.29, 1.82) is 0 Å². The summed E-state index contributed by atoms with van der Waals surface area (Å²) in [6.07, 6.45) is 0.757. The Labute approximate surface area is 156 Å². The molecule has 2 aromatic carbocycles. The molecule has 4 nitrogen and oxygen atoms in total. The summed E-state index contributed by atoms with van der Waals surface area (Å²) in [4.78, 5) is 12.0. The molecule has 0 atom stereocenters. The molecule has 4 heteroatoms. The maximum atomic E-state index is 12.0. The molecule has 0 aliphatic rings. The SMILES string of the molecule is C=C(CC)NNC(=O)c1ccc(COc2ccc(C(C)(C)C)cc2)cc1. The minimum Gasteiger partial charge on any atom is -0.489 e. The third-order valence-electron chi connectivity index (χ3n) is 4.12. The standard InChI is InChI=1S/C22H28N2O2/c1-6-16(2)23-24-21(25)18-9-7-17(8-10-18)15-26-20-13-11-19(12-14-20)22(3,4)5/h7-14,23H,2,6,15H2,1,3-5H3,(H,24,25). The molecule has 0 unspecified atom stereocenters. The van der Waals surface area contributed by atoms with E-state index in [1.54, 1.807) is 12.1 Å². The van der Waals surface area contributed by atoms with Crippen molar-refractivity contribution in [3.8, 4) is 5.75 Å². The minimum absolute atomic E-state index is 0.132. The first-order valence-corrected chi connectivity index (χ1v) is 8.86. The van der Waals surface area contributed by atoms with Crippen molar-refractivity contribution in [2.24, 2.45) is 0 Å². The van der Waals surface area contributed by atoms with Crippen molar-refractivity contribution in [1.82, 2.24) is 10.9 Å². The fourth-order valence-corrected chi connectivity index (χ4v) is 2.28. The molecule has 1 amide bonds. The summed E-state index contributed by atoms with van der Waals surface area (Å²) in [5.41, 5.74) is 9.18. The van der Waals surface area contributed by atoms with Gasteiger partial charge in [0.05, 0.1) is 0 Å². The normalized spacial score (nSPS) is 10.9. The van der Waals surface area contributed by atoms with Gasteiger partial charge in [-0.3, -0.25) is 10.2 Å². The zero-order chi connectivity index (χ0) is 19.2. The molecule has 0 aliphatic heterocycles. The third-order valence-corrected chi connectivity index (χ3v) is 4.12. The number of nitrogens with one attached hydrogen (secondary N) is 2. The Morgan fingerprint density at radius 1 is 1.00 bits per heavy atom. The summed E-state index contributed by atoms with van der Waals surface area (Å²) in [7, 11) is 0. The molecule has 0 radical (unpaired) electrons. The Morgan fingerprint density at radius 2 is 1.62 bits per heavy atom. The molecule has 0 aliphatic carbocycles. The zero-order valence-electron chi connectivity index (χ0n) is 16.1. The van der Waals surface area contributed by atoms with Crippen molar-refractivity contribution in [3.05, 3.63) is 77.5 Å². The van der Waals surface area contributed by atoms with Crippen LogP contribution >= 0.6 is 0 Å². The van der Waals surface area contributed by atoms with Crippen LogP contribution in [0.15, 0.2) is 60.8 Å². The van der Waals surface area contributed by atoms with E-state index in [1.165, 1.54) is 5.56 Å². The van der Waals surface area contributed by atoms with E-state index in [4.69, 9.17) is 4.74 Å². The van der Waals surface area contributed by atoms with Gasteiger partial charge in [-0.05, 0) is 47.2 Å². The highest BCUT2D eigenvalue weighted by atomic mass is 16.5. The second-order valence-electron chi connectivity index (χ2n) is 7.30. The van der Waals surface area contributed by atoms with E-state index in [1.807, 2.05) is 31.2 Å². The van der Waals surface area contributed by atoms with Gasteiger partial charge in [0.15, 0.2) is 0 Å². The van der Waals surface area contributed by atoms with E-state index in [0.29, 0.717) is 12.2 Å². The first-order valence-electron chi connectivity index (χ1n) is 8.86. The number of carbonyl (C=O) groups is 1. The van der Waals surface area contributed by atoms with Crippen LogP contribution in [-0.4, -0.2) is 5.91 Å². The van der Waals surface area contributed by atoms with Crippen molar-refractivity contribution in [3.63, 3.8) is 0 Å². The number of allylic oxidation sites excluding steroid dienone is 1. The molecule has 0 aromatic heterocycles. The molecule has 0 fully saturated rings. The van der Waals surface area contributed by atoms with Crippen LogP contribution in [0.3, 0.4) is 0 Å². The molecule has 2 rings (SSSR count). The predicted octanol–water partition coefficient (Wildman–Crippen LogP) is 4.72. The molecule has 0 saturated heterocycles. The number of carbonyl (C=O) groups excluding carboxylic acids is 1. The lowest BCUT2D eigenvalue weighted by Crippen LogP contribution is -2.36. The van der Waals surface area contributed by atoms with Gasteiger partial charge in [-0.25, -0.2) is 0 Å². The lowest BCUT2D eigenvalue weighted by molar-refractivity contribution is 0.0938. The van der Waals surface area contributed by atoms with Crippen molar-refractivity contribution in [2.75, 3.05) is 0 Å². The van der Waals surface area contributed by atoms with Gasteiger partial charge in [-0.2, -0.15) is 0 Å². The van der Waals surface area contributed by atoms with Gasteiger partial charge in [0.2, 0.25) is 0 Å². The number of benzene rings is 2. The summed E-state index contributed by atoms with van der Waals surface area (Å²) >= 11 is 0. The fraction of sp³-hybridized carbons (Fsp3) is 0.318. The summed E-state index contributed by atoms with van der Waals surface area (Å²) in [5, 5.41) is 0. The second-order valence-corrected chi connectivity index (χ2v) is 7.30. The summed E-state index contributed by atoms with van der Waals surface area (Å²) in [6.45, 7) is 12.8. The Morgan fingerprint density at radius 3 is 2.15 bits per heavy atom. The summed E-state index contributed by atoms with van der Waals surface area (Å²) in [5.74, 6) is 0.645. The van der Waals surface area contributed by atoms with Crippen LogP contribution < -0.4 is 15.6 Å². The topological polar surface area (TPSA) is 50.4 Å². The maximum absolute atomic E-state index is 12.0. The van der Waals surface area contributed by atoms with Gasteiger partial charge in [0.1, 0.15) is 12.4 Å². The third kappa shape index (κ3) is 5.66. The molecule has 0 saturated carbocycles. The fourth-order valence-electron chi connectivity index (χ4n) is 2.28. The quantitative estimate of drug-likeness (QED) is 0.709. The molecule has 0 bridgehead atoms. The molecule has 0 spiro atoms. The number of hydrogen-bond acceptors (Lipinski definition) is 3. The molecule has 2 aromatic rings. The molecular formula is C22H28N2O2. The highest BCUT2D eigenvalue weighted by molar-refractivity contribution is 5.93. The Kier molecular flexibility index (Phi) is 6.45. The molecule has 0 heterocycles. The van der Waals surface area contributed by atoms with E-state index >= 15 is 0 Å². The minimum atomic E-state index is -0.190. The molecular weight excluding hydrogens is 324 g/mol. The first-order chi connectivity index (χ1) is 12.3. The first kappa shape index (κ1) is 19.6. The highest BCUT2D eigenvalue weighted by Crippen LogP contribution is 2.24. The van der Waals surface area contributed by atoms with Crippen molar-refractivity contribution >= 4 is 5.91 Å². The Bertz CT molecular complexity index is 741. The van der Waals surface area contributed by atoms with Gasteiger partial charge in [0.25, 0.3) is 5.91 Å². The van der Waals surface area contributed by atoms with Crippen LogP contribution in [0, 0.1) is 0 Å². The van der Waals surface area contributed by atoms with Gasteiger partial charge in [-0.15, -0.1) is 0 Å². The van der Waals surface area contributed by atoms with Crippen LogP contribution in [0.4, 0.5) is 0 Å². The largest absolute Gasteiger partial charge is 0.489 e. The zero-order valence-corrected chi connectivity index (χ0v) is 16.1. The van der Waals surface area contributed by atoms with Gasteiger partial charge < -0.3 is 10.2 Å². The Balaban J connectivity index is 1.89. The van der Waals surface area contributed by atoms with E-state index < -0.39 is 0 Å². The smallest absolute Gasteiger partial charge is 0.269 e. The lowest BCUT2D eigenvalue weighted by atomic mass is 9.87. The van der Waals surface area contributed by atoms with Crippen LogP contribution in [0.2, 0.25) is 0 Å². The van der Waals surface area contributed by atoms with E-state index in [-0.39, 0.29) is 11.3 Å². The van der Waals surface area contributed by atoms with E-state index in [0.717, 1.165) is 23.4 Å². The number of ether oxygens (including phenoxy) is 1. The van der Waals surface area contributed by atoms with Crippen LogP contribution in [0.1, 0.15) is 55.6 Å². The predicted molar refractivity (Wildman–Crippen MR) is 106 cm³/mol. The summed E-state index contributed by atoms with van der Waals surface area (Å²) in [6, 6.07) is 15.5. The lowest BCUT2D eigenvalue weighted by Gasteiger charge is -2.19. The van der Waals surface area contributed by atoms with Gasteiger partial charge in [0, 0.05) is 11.3 Å².